The Hall–Kier alpha value is -3.59. The molecule has 29 heavy (non-hydrogen) atoms. The van der Waals surface area contributed by atoms with Crippen LogP contribution in [0.3, 0.4) is 0 Å². The first-order chi connectivity index (χ1) is 13.9. The highest BCUT2D eigenvalue weighted by molar-refractivity contribution is 5.88. The van der Waals surface area contributed by atoms with E-state index in [4.69, 9.17) is 14.4 Å². The Morgan fingerprint density at radius 3 is 2.79 bits per heavy atom. The highest BCUT2D eigenvalue weighted by Gasteiger charge is 2.18. The van der Waals surface area contributed by atoms with E-state index < -0.39 is 11.7 Å². The van der Waals surface area contributed by atoms with Gasteiger partial charge in [0.1, 0.15) is 11.3 Å². The Morgan fingerprint density at radius 1 is 1.28 bits per heavy atom. The van der Waals surface area contributed by atoms with Crippen LogP contribution in [0.4, 0.5) is 0 Å². The number of rotatable bonds is 6. The van der Waals surface area contributed by atoms with E-state index in [1.165, 1.54) is 6.07 Å². The van der Waals surface area contributed by atoms with E-state index in [9.17, 15) is 9.59 Å². The van der Waals surface area contributed by atoms with Gasteiger partial charge in [0.05, 0.1) is 17.0 Å². The van der Waals surface area contributed by atoms with Gasteiger partial charge in [0, 0.05) is 12.6 Å². The van der Waals surface area contributed by atoms with Crippen molar-refractivity contribution in [1.82, 2.24) is 5.32 Å². The molecule has 1 unspecified atom stereocenters. The normalized spacial score (nSPS) is 11.7. The van der Waals surface area contributed by atoms with Crippen molar-refractivity contribution in [2.24, 2.45) is 0 Å². The number of ether oxygens (including phenoxy) is 1. The van der Waals surface area contributed by atoms with E-state index in [1.807, 2.05) is 26.0 Å². The Kier molecular flexibility index (Phi) is 5.99. The zero-order chi connectivity index (χ0) is 21.0. The van der Waals surface area contributed by atoms with Gasteiger partial charge in [-0.05, 0) is 61.2 Å². The standard InChI is InChI=1S/C23H22N2O4/c1-4-18-11-21(26)29-20-9-14(2)8-19(22(18)20)28-15(3)23(27)25-13-17-7-5-6-16(10-17)12-24/h5-11,15H,4,13H2,1-3H3,(H,25,27). The second-order valence-electron chi connectivity index (χ2n) is 6.87. The highest BCUT2D eigenvalue weighted by Crippen LogP contribution is 2.31. The summed E-state index contributed by atoms with van der Waals surface area (Å²) in [5.41, 5.74) is 3.10. The molecule has 0 fully saturated rings. The fraction of sp³-hybridized carbons (Fsp3) is 0.261. The maximum Gasteiger partial charge on any atom is 0.336 e. The number of hydrogen-bond donors (Lipinski definition) is 1. The van der Waals surface area contributed by atoms with Crippen LogP contribution in [-0.4, -0.2) is 12.0 Å². The van der Waals surface area contributed by atoms with Crippen molar-refractivity contribution in [3.63, 3.8) is 0 Å². The first-order valence-electron chi connectivity index (χ1n) is 9.42. The number of nitrogens with one attached hydrogen (secondary N) is 1. The molecule has 148 valence electrons. The van der Waals surface area contributed by atoms with Crippen LogP contribution in [0.15, 0.2) is 51.7 Å². The van der Waals surface area contributed by atoms with Crippen LogP contribution in [0.5, 0.6) is 5.75 Å². The summed E-state index contributed by atoms with van der Waals surface area (Å²) in [7, 11) is 0. The summed E-state index contributed by atoms with van der Waals surface area (Å²) in [4.78, 5) is 24.3. The lowest BCUT2D eigenvalue weighted by molar-refractivity contribution is -0.127. The summed E-state index contributed by atoms with van der Waals surface area (Å²) in [5.74, 6) is 0.229. The van der Waals surface area contributed by atoms with Gasteiger partial charge in [-0.2, -0.15) is 5.26 Å². The molecule has 0 bridgehead atoms. The molecule has 1 amide bonds. The van der Waals surface area contributed by atoms with Crippen LogP contribution in [0.25, 0.3) is 11.0 Å². The number of carbonyl (C=O) groups is 1. The largest absolute Gasteiger partial charge is 0.480 e. The predicted molar refractivity (Wildman–Crippen MR) is 110 cm³/mol. The molecule has 3 aromatic rings. The summed E-state index contributed by atoms with van der Waals surface area (Å²) in [6.45, 7) is 5.78. The Bertz CT molecular complexity index is 1160. The van der Waals surface area contributed by atoms with Crippen LogP contribution in [-0.2, 0) is 17.8 Å². The minimum Gasteiger partial charge on any atom is -0.480 e. The lowest BCUT2D eigenvalue weighted by Gasteiger charge is -2.17. The summed E-state index contributed by atoms with van der Waals surface area (Å²) in [5, 5.41) is 12.5. The van der Waals surface area contributed by atoms with Crippen molar-refractivity contribution in [2.75, 3.05) is 0 Å². The summed E-state index contributed by atoms with van der Waals surface area (Å²) in [6.07, 6.45) is -0.118. The van der Waals surface area contributed by atoms with Crippen molar-refractivity contribution in [3.8, 4) is 11.8 Å². The molecular weight excluding hydrogens is 368 g/mol. The van der Waals surface area contributed by atoms with E-state index in [-0.39, 0.29) is 5.91 Å². The van der Waals surface area contributed by atoms with Crippen LogP contribution in [0.1, 0.15) is 36.1 Å². The quantitative estimate of drug-likeness (QED) is 0.649. The average molecular weight is 390 g/mol. The Balaban J connectivity index is 1.80. The van der Waals surface area contributed by atoms with Crippen molar-refractivity contribution in [3.05, 3.63) is 75.1 Å². The molecule has 1 N–H and O–H groups in total. The van der Waals surface area contributed by atoms with E-state index in [0.717, 1.165) is 16.7 Å². The molecule has 0 aliphatic heterocycles. The highest BCUT2D eigenvalue weighted by atomic mass is 16.5. The molecule has 0 saturated carbocycles. The molecule has 6 nitrogen and oxygen atoms in total. The third kappa shape index (κ3) is 4.64. The number of hydrogen-bond acceptors (Lipinski definition) is 5. The van der Waals surface area contributed by atoms with E-state index in [1.54, 1.807) is 31.2 Å². The van der Waals surface area contributed by atoms with Gasteiger partial charge in [-0.3, -0.25) is 4.79 Å². The molecule has 2 aromatic carbocycles. The second-order valence-corrected chi connectivity index (χ2v) is 6.87. The number of aryl methyl sites for hydroxylation is 2. The van der Waals surface area contributed by atoms with Crippen molar-refractivity contribution in [2.45, 2.75) is 39.8 Å². The fourth-order valence-corrected chi connectivity index (χ4v) is 3.17. The van der Waals surface area contributed by atoms with Crippen LogP contribution >= 0.6 is 0 Å². The Labute approximate surface area is 168 Å². The number of amides is 1. The molecule has 0 aliphatic carbocycles. The number of carbonyl (C=O) groups excluding carboxylic acids is 1. The molecule has 0 spiro atoms. The third-order valence-electron chi connectivity index (χ3n) is 4.61. The van der Waals surface area contributed by atoms with E-state index in [0.29, 0.717) is 35.2 Å². The average Bonchev–Trinajstić information content (AvgIpc) is 2.70. The zero-order valence-electron chi connectivity index (χ0n) is 16.6. The van der Waals surface area contributed by atoms with Gasteiger partial charge in [0.25, 0.3) is 5.91 Å². The van der Waals surface area contributed by atoms with Gasteiger partial charge in [-0.15, -0.1) is 0 Å². The zero-order valence-corrected chi connectivity index (χ0v) is 16.6. The van der Waals surface area contributed by atoms with Crippen molar-refractivity contribution in [1.29, 1.82) is 5.26 Å². The van der Waals surface area contributed by atoms with Crippen molar-refractivity contribution >= 4 is 16.9 Å². The van der Waals surface area contributed by atoms with Gasteiger partial charge in [0.2, 0.25) is 0 Å². The van der Waals surface area contributed by atoms with Gasteiger partial charge in [0.15, 0.2) is 6.10 Å². The lowest BCUT2D eigenvalue weighted by Crippen LogP contribution is -2.36. The first kappa shape index (κ1) is 20.2. The minimum absolute atomic E-state index is 0.280. The van der Waals surface area contributed by atoms with Gasteiger partial charge >= 0.3 is 5.63 Å². The minimum atomic E-state index is -0.754. The molecule has 3 rings (SSSR count). The first-order valence-corrected chi connectivity index (χ1v) is 9.42. The van der Waals surface area contributed by atoms with E-state index in [2.05, 4.69) is 11.4 Å². The monoisotopic (exact) mass is 390 g/mol. The number of benzene rings is 2. The maximum atomic E-state index is 12.5. The SMILES string of the molecule is CCc1cc(=O)oc2cc(C)cc(OC(C)C(=O)NCc3cccc(C#N)c3)c12. The van der Waals surface area contributed by atoms with Gasteiger partial charge in [-0.1, -0.05) is 19.1 Å². The van der Waals surface area contributed by atoms with Crippen LogP contribution < -0.4 is 15.7 Å². The second kappa shape index (κ2) is 8.61. The molecule has 1 aromatic heterocycles. The van der Waals surface area contributed by atoms with Gasteiger partial charge < -0.3 is 14.5 Å². The van der Waals surface area contributed by atoms with Gasteiger partial charge in [-0.25, -0.2) is 4.79 Å². The number of fused-ring (bicyclic) bond motifs is 1. The molecular formula is C23H22N2O4. The van der Waals surface area contributed by atoms with Crippen LogP contribution in [0.2, 0.25) is 0 Å². The molecule has 0 radical (unpaired) electrons. The summed E-state index contributed by atoms with van der Waals surface area (Å²) >= 11 is 0. The van der Waals surface area contributed by atoms with Crippen LogP contribution in [0, 0.1) is 18.3 Å². The molecule has 0 saturated heterocycles. The fourth-order valence-electron chi connectivity index (χ4n) is 3.17. The summed E-state index contributed by atoms with van der Waals surface area (Å²) < 4.78 is 11.3. The number of nitriles is 1. The summed E-state index contributed by atoms with van der Waals surface area (Å²) in [6, 6.07) is 14.2. The molecule has 1 atom stereocenters. The Morgan fingerprint density at radius 2 is 2.07 bits per heavy atom. The smallest absolute Gasteiger partial charge is 0.336 e. The molecule has 0 aliphatic rings. The number of nitrogens with zero attached hydrogens (tertiary/aromatic N) is 1. The van der Waals surface area contributed by atoms with Crippen molar-refractivity contribution < 1.29 is 13.9 Å². The maximum absolute atomic E-state index is 12.5. The predicted octanol–water partition coefficient (Wildman–Crippen LogP) is 3.62. The third-order valence-corrected chi connectivity index (χ3v) is 4.61. The van der Waals surface area contributed by atoms with E-state index >= 15 is 0 Å². The molecule has 1 heterocycles. The molecule has 6 heteroatoms. The lowest BCUT2D eigenvalue weighted by atomic mass is 10.0. The topological polar surface area (TPSA) is 92.3 Å².